The molecule has 14 atom stereocenters. The van der Waals surface area contributed by atoms with Crippen molar-refractivity contribution >= 4 is 17.3 Å². The lowest BCUT2D eigenvalue weighted by Crippen LogP contribution is -2.64. The van der Waals surface area contributed by atoms with E-state index in [1.54, 1.807) is 43.3 Å². The molecule has 0 aromatic heterocycles. The van der Waals surface area contributed by atoms with Gasteiger partial charge in [0.15, 0.2) is 41.3 Å². The van der Waals surface area contributed by atoms with Gasteiger partial charge in [0.25, 0.3) is 0 Å². The normalized spacial score (nSPS) is 41.3. The molecule has 2 saturated heterocycles. The fourth-order valence-electron chi connectivity index (χ4n) is 11.1. The van der Waals surface area contributed by atoms with Crippen LogP contribution in [-0.4, -0.2) is 98.8 Å². The van der Waals surface area contributed by atoms with Crippen LogP contribution in [0.2, 0.25) is 0 Å². The molecule has 14 heteroatoms. The Morgan fingerprint density at radius 2 is 1.86 bits per heavy atom. The summed E-state index contributed by atoms with van der Waals surface area (Å²) in [6.45, 7) is 4.30. The number of Topliss-reactive ketones (excluding diaryl/α,β-unsaturated/α-hetero) is 1. The van der Waals surface area contributed by atoms with Gasteiger partial charge in [-0.05, 0) is 85.9 Å². The van der Waals surface area contributed by atoms with Crippen LogP contribution >= 0.6 is 0 Å². The van der Waals surface area contributed by atoms with Crippen molar-refractivity contribution in [2.75, 3.05) is 18.9 Å². The molecule has 0 radical (unpaired) electrons. The van der Waals surface area contributed by atoms with Crippen molar-refractivity contribution in [2.24, 2.45) is 28.6 Å². The average Bonchev–Trinajstić information content (AvgIpc) is 3.65. The number of nitrogens with two attached hydrogens (primary N) is 1. The highest BCUT2D eigenvalue weighted by atomic mass is 19.1. The smallest absolute Gasteiger partial charge is 0.193 e. The number of rotatable bonds is 9. The van der Waals surface area contributed by atoms with Gasteiger partial charge >= 0.3 is 0 Å². The number of anilines is 1. The van der Waals surface area contributed by atoms with E-state index in [0.29, 0.717) is 30.5 Å². The molecule has 0 unspecified atom stereocenters. The van der Waals surface area contributed by atoms with Crippen molar-refractivity contribution in [1.29, 1.82) is 0 Å². The van der Waals surface area contributed by atoms with Gasteiger partial charge in [-0.3, -0.25) is 9.59 Å². The van der Waals surface area contributed by atoms with E-state index in [2.05, 4.69) is 0 Å². The summed E-state index contributed by atoms with van der Waals surface area (Å²) >= 11 is 0. The SMILES string of the molecule is Cc1ccc(OCc2cccc(N)c2)c(F)c1[C@H]1O[C@@H]2C[C@H]3[C@@H]4CCC5=CC(=O)C=C[C@]5(C)[C@H]4[C@@H](O)C[C@]3(C)[C@]2(C(=O)CO[C@@H]2O[C@H](CO)[C@H](O)[C@H](O)[C@H]2O)O1. The van der Waals surface area contributed by atoms with Gasteiger partial charge in [0.2, 0.25) is 0 Å². The second-order valence-corrected chi connectivity index (χ2v) is 16.8. The molecule has 3 saturated carbocycles. The quantitative estimate of drug-likeness (QED) is 0.203. The summed E-state index contributed by atoms with van der Waals surface area (Å²) in [6, 6.07) is 10.2. The number of fused-ring (bicyclic) bond motifs is 7. The molecule has 7 N–H and O–H groups in total. The zero-order chi connectivity index (χ0) is 39.9. The molecule has 2 aliphatic heterocycles. The van der Waals surface area contributed by atoms with Crippen molar-refractivity contribution < 1.29 is 63.2 Å². The van der Waals surface area contributed by atoms with Gasteiger partial charge in [0, 0.05) is 22.4 Å². The molecule has 4 aliphatic carbocycles. The third-order valence-corrected chi connectivity index (χ3v) is 13.8. The van der Waals surface area contributed by atoms with Crippen LogP contribution in [-0.2, 0) is 35.1 Å². The standard InChI is InChI=1S/C42H50FNO12/c1-20-7-10-28(52-18-21-5-4-6-23(44)13-21)34(43)32(20)38-55-31-15-26-25-9-8-22-14-24(46)11-12-40(22,2)33(25)27(47)16-41(26,3)42(31,56-38)30(48)19-53-39-37(51)36(50)35(49)29(17-45)54-39/h4-7,10-14,25-27,29,31,33,35-39,45,47,49-51H,8-9,15-19,44H2,1-3H3/t25-,26-,27-,29+,31+,33+,35-,36-,37+,38-,39+,40-,41-,42+/m0/s1. The van der Waals surface area contributed by atoms with E-state index in [4.69, 9.17) is 29.4 Å². The van der Waals surface area contributed by atoms with Crippen molar-refractivity contribution in [2.45, 2.75) is 108 Å². The number of aliphatic hydroxyl groups is 5. The molecule has 56 heavy (non-hydrogen) atoms. The number of ketones is 2. The number of nitrogen functional groups attached to an aromatic ring is 1. The highest BCUT2D eigenvalue weighted by molar-refractivity contribution is 6.01. The van der Waals surface area contributed by atoms with Gasteiger partial charge in [-0.2, -0.15) is 0 Å². The minimum atomic E-state index is -1.78. The second-order valence-electron chi connectivity index (χ2n) is 16.8. The van der Waals surface area contributed by atoms with Gasteiger partial charge in [-0.15, -0.1) is 0 Å². The summed E-state index contributed by atoms with van der Waals surface area (Å²) in [6.07, 6.45) is -4.27. The maximum Gasteiger partial charge on any atom is 0.193 e. The number of aliphatic hydroxyl groups excluding tert-OH is 5. The first-order valence-corrected chi connectivity index (χ1v) is 19.3. The Morgan fingerprint density at radius 1 is 1.07 bits per heavy atom. The highest BCUT2D eigenvalue weighted by Crippen LogP contribution is 2.70. The van der Waals surface area contributed by atoms with Crippen molar-refractivity contribution in [3.8, 4) is 5.75 Å². The van der Waals surface area contributed by atoms with E-state index in [-0.39, 0.29) is 47.9 Å². The number of carbonyl (C=O) groups excluding carboxylic acids is 2. The molecule has 2 heterocycles. The van der Waals surface area contributed by atoms with Gasteiger partial charge in [0.1, 0.15) is 37.6 Å². The van der Waals surface area contributed by atoms with E-state index in [1.807, 2.05) is 26.0 Å². The largest absolute Gasteiger partial charge is 0.486 e. The Kier molecular flexibility index (Phi) is 10.1. The van der Waals surface area contributed by atoms with E-state index in [0.717, 1.165) is 11.1 Å². The summed E-state index contributed by atoms with van der Waals surface area (Å²) in [5, 5.41) is 53.3. The molecule has 0 bridgehead atoms. The zero-order valence-corrected chi connectivity index (χ0v) is 31.5. The lowest BCUT2D eigenvalue weighted by Gasteiger charge is -2.59. The van der Waals surface area contributed by atoms with Gasteiger partial charge < -0.3 is 55.0 Å². The highest BCUT2D eigenvalue weighted by Gasteiger charge is 2.76. The lowest BCUT2D eigenvalue weighted by molar-refractivity contribution is -0.300. The molecule has 6 aliphatic rings. The van der Waals surface area contributed by atoms with Crippen LogP contribution in [0, 0.1) is 41.3 Å². The minimum absolute atomic E-state index is 0.0382. The molecule has 2 aromatic carbocycles. The van der Waals surface area contributed by atoms with Gasteiger partial charge in [-0.1, -0.05) is 43.7 Å². The third kappa shape index (κ3) is 5.99. The number of benzene rings is 2. The summed E-state index contributed by atoms with van der Waals surface area (Å²) in [5.41, 5.74) is 5.29. The molecule has 8 rings (SSSR count). The topological polar surface area (TPSA) is 207 Å². The zero-order valence-electron chi connectivity index (χ0n) is 31.5. The number of hydrogen-bond donors (Lipinski definition) is 6. The van der Waals surface area contributed by atoms with Gasteiger partial charge in [-0.25, -0.2) is 4.39 Å². The predicted octanol–water partition coefficient (Wildman–Crippen LogP) is 2.72. The fourth-order valence-corrected chi connectivity index (χ4v) is 11.1. The van der Waals surface area contributed by atoms with Crippen molar-refractivity contribution in [3.05, 3.63) is 82.7 Å². The lowest BCUT2D eigenvalue weighted by atomic mass is 9.46. The maximum absolute atomic E-state index is 16.6. The van der Waals surface area contributed by atoms with Crippen LogP contribution < -0.4 is 10.5 Å². The van der Waals surface area contributed by atoms with E-state index in [1.165, 1.54) is 6.07 Å². The van der Waals surface area contributed by atoms with Crippen molar-refractivity contribution in [3.63, 3.8) is 0 Å². The van der Waals surface area contributed by atoms with Crippen LogP contribution in [0.25, 0.3) is 0 Å². The van der Waals surface area contributed by atoms with Crippen molar-refractivity contribution in [1.82, 2.24) is 0 Å². The number of allylic oxidation sites excluding steroid dienone is 4. The molecule has 302 valence electrons. The Morgan fingerprint density at radius 3 is 2.61 bits per heavy atom. The average molecular weight is 780 g/mol. The molecule has 13 nitrogen and oxygen atoms in total. The van der Waals surface area contributed by atoms with Gasteiger partial charge in [0.05, 0.1) is 24.4 Å². The summed E-state index contributed by atoms with van der Waals surface area (Å²) < 4.78 is 47.3. The number of aryl methyl sites for hydroxylation is 1. The molecular weight excluding hydrogens is 729 g/mol. The van der Waals surface area contributed by atoms with E-state index in [9.17, 15) is 35.1 Å². The second kappa shape index (κ2) is 14.4. The molecule has 0 amide bonds. The summed E-state index contributed by atoms with van der Waals surface area (Å²) in [7, 11) is 0. The van der Waals surface area contributed by atoms with E-state index < -0.39 is 90.4 Å². The Balaban J connectivity index is 1.13. The van der Waals surface area contributed by atoms with Crippen LogP contribution in [0.4, 0.5) is 10.1 Å². The first kappa shape index (κ1) is 39.3. The number of hydrogen-bond acceptors (Lipinski definition) is 13. The Hall–Kier alpha value is -3.57. The Labute approximate surface area is 323 Å². The van der Waals surface area contributed by atoms with E-state index >= 15 is 4.39 Å². The third-order valence-electron chi connectivity index (χ3n) is 13.8. The fraction of sp³-hybridized carbons (Fsp3) is 0.571. The summed E-state index contributed by atoms with van der Waals surface area (Å²) in [4.78, 5) is 27.3. The molecule has 2 aromatic rings. The number of ether oxygens (including phenoxy) is 5. The van der Waals surface area contributed by atoms with Crippen LogP contribution in [0.1, 0.15) is 62.5 Å². The summed E-state index contributed by atoms with van der Waals surface area (Å²) in [5.74, 6) is -2.02. The molecular formula is C42H50FNO12. The molecule has 0 spiro atoms. The first-order chi connectivity index (χ1) is 26.6. The minimum Gasteiger partial charge on any atom is -0.486 e. The Bertz CT molecular complexity index is 1950. The molecule has 5 fully saturated rings. The first-order valence-electron chi connectivity index (χ1n) is 19.3. The number of carbonyl (C=O) groups is 2. The predicted molar refractivity (Wildman–Crippen MR) is 196 cm³/mol. The maximum atomic E-state index is 16.6. The van der Waals surface area contributed by atoms with Crippen LogP contribution in [0.3, 0.4) is 0 Å². The number of halogens is 1. The van der Waals surface area contributed by atoms with Crippen LogP contribution in [0.5, 0.6) is 5.75 Å². The monoisotopic (exact) mass is 779 g/mol. The van der Waals surface area contributed by atoms with Crippen LogP contribution in [0.15, 0.2) is 60.2 Å².